The summed E-state index contributed by atoms with van der Waals surface area (Å²) in [5, 5.41) is 9.97. The Morgan fingerprint density at radius 3 is 2.54 bits per heavy atom. The molecule has 0 bridgehead atoms. The van der Waals surface area contributed by atoms with E-state index in [9.17, 15) is 5.11 Å². The third-order valence-corrected chi connectivity index (χ3v) is 3.59. The highest BCUT2D eigenvalue weighted by Crippen LogP contribution is 2.28. The van der Waals surface area contributed by atoms with Crippen LogP contribution < -0.4 is 0 Å². The molecule has 1 heterocycles. The van der Waals surface area contributed by atoms with E-state index in [2.05, 4.69) is 25.0 Å². The van der Waals surface area contributed by atoms with Crippen LogP contribution in [-0.2, 0) is 0 Å². The van der Waals surface area contributed by atoms with Crippen LogP contribution in [0.2, 0.25) is 0 Å². The van der Waals surface area contributed by atoms with Gasteiger partial charge in [0, 0.05) is 13.1 Å². The van der Waals surface area contributed by atoms with Gasteiger partial charge in [-0.25, -0.2) is 0 Å². The van der Waals surface area contributed by atoms with E-state index in [0.29, 0.717) is 5.92 Å². The number of rotatable bonds is 5. The van der Waals surface area contributed by atoms with Gasteiger partial charge in [0.05, 0.1) is 5.60 Å². The molecular formula is C10H21NOS. The molecule has 0 aromatic heterocycles. The van der Waals surface area contributed by atoms with E-state index < -0.39 is 0 Å². The summed E-state index contributed by atoms with van der Waals surface area (Å²) < 4.78 is 0. The van der Waals surface area contributed by atoms with E-state index in [1.165, 1.54) is 12.2 Å². The summed E-state index contributed by atoms with van der Waals surface area (Å²) in [4.78, 5) is 2.34. The van der Waals surface area contributed by atoms with Crippen LogP contribution in [0.3, 0.4) is 0 Å². The number of nitrogens with zero attached hydrogens (tertiary/aromatic N) is 1. The highest BCUT2D eigenvalue weighted by Gasteiger charge is 2.42. The first kappa shape index (κ1) is 11.3. The Morgan fingerprint density at radius 1 is 1.46 bits per heavy atom. The van der Waals surface area contributed by atoms with E-state index in [4.69, 9.17) is 0 Å². The molecule has 78 valence electrons. The maximum atomic E-state index is 9.97. The molecule has 1 aliphatic heterocycles. The molecule has 0 unspecified atom stereocenters. The Hall–Kier alpha value is 0.270. The van der Waals surface area contributed by atoms with E-state index in [1.54, 1.807) is 0 Å². The van der Waals surface area contributed by atoms with Gasteiger partial charge in [0.1, 0.15) is 0 Å². The number of hydrogen-bond acceptors (Lipinski definition) is 3. The van der Waals surface area contributed by atoms with Crippen molar-refractivity contribution in [1.82, 2.24) is 4.90 Å². The number of β-amino-alcohol motifs (C(OH)–C–C–N with tert-alkyl or cyclic N) is 1. The molecule has 0 amide bonds. The van der Waals surface area contributed by atoms with Crippen molar-refractivity contribution < 1.29 is 5.11 Å². The molecule has 1 N–H and O–H groups in total. The summed E-state index contributed by atoms with van der Waals surface area (Å²) in [5.74, 6) is 1.63. The molecule has 0 atom stereocenters. The lowest BCUT2D eigenvalue weighted by Crippen LogP contribution is -2.64. The lowest BCUT2D eigenvalue weighted by molar-refractivity contribution is -0.127. The fraction of sp³-hybridized carbons (Fsp3) is 1.00. The Morgan fingerprint density at radius 2 is 2.08 bits per heavy atom. The predicted octanol–water partition coefficient (Wildman–Crippen LogP) is 1.44. The van der Waals surface area contributed by atoms with Gasteiger partial charge in [0.25, 0.3) is 0 Å². The zero-order chi connectivity index (χ0) is 9.90. The zero-order valence-electron chi connectivity index (χ0n) is 8.92. The molecule has 13 heavy (non-hydrogen) atoms. The van der Waals surface area contributed by atoms with Crippen LogP contribution in [0.5, 0.6) is 0 Å². The minimum Gasteiger partial charge on any atom is -0.387 e. The molecular weight excluding hydrogens is 182 g/mol. The molecule has 2 nitrogen and oxygen atoms in total. The lowest BCUT2D eigenvalue weighted by Gasteiger charge is -2.49. The third-order valence-electron chi connectivity index (χ3n) is 2.89. The molecule has 0 spiro atoms. The lowest BCUT2D eigenvalue weighted by atomic mass is 9.83. The Labute approximate surface area is 85.7 Å². The van der Waals surface area contributed by atoms with Gasteiger partial charge in [0.2, 0.25) is 0 Å². The molecule has 3 heteroatoms. The zero-order valence-corrected chi connectivity index (χ0v) is 9.73. The van der Waals surface area contributed by atoms with E-state index >= 15 is 0 Å². The van der Waals surface area contributed by atoms with Crippen LogP contribution in [0.15, 0.2) is 0 Å². The van der Waals surface area contributed by atoms with Crippen LogP contribution in [0.4, 0.5) is 0 Å². The summed E-state index contributed by atoms with van der Waals surface area (Å²) in [6, 6.07) is 0. The smallest absolute Gasteiger partial charge is 0.0922 e. The van der Waals surface area contributed by atoms with E-state index in [1.807, 2.05) is 11.8 Å². The van der Waals surface area contributed by atoms with E-state index in [0.717, 1.165) is 19.6 Å². The molecule has 0 radical (unpaired) electrons. The molecule has 0 aliphatic carbocycles. The third kappa shape index (κ3) is 2.86. The average molecular weight is 203 g/mol. The molecule has 1 aliphatic rings. The van der Waals surface area contributed by atoms with Crippen molar-refractivity contribution in [3.63, 3.8) is 0 Å². The minimum atomic E-state index is -0.390. The van der Waals surface area contributed by atoms with Crippen LogP contribution in [0.1, 0.15) is 20.3 Å². The van der Waals surface area contributed by atoms with Crippen molar-refractivity contribution >= 4 is 11.8 Å². The SMILES string of the molecule is CSCCCN1CC(O)(C(C)C)C1. The van der Waals surface area contributed by atoms with Gasteiger partial charge < -0.3 is 5.11 Å². The predicted molar refractivity (Wildman–Crippen MR) is 59.2 cm³/mol. The monoisotopic (exact) mass is 203 g/mol. The topological polar surface area (TPSA) is 23.5 Å². The van der Waals surface area contributed by atoms with Crippen LogP contribution >= 0.6 is 11.8 Å². The first-order chi connectivity index (χ1) is 6.08. The Kier molecular flexibility index (Phi) is 4.07. The second-order valence-corrected chi connectivity index (χ2v) is 5.30. The van der Waals surface area contributed by atoms with Crippen molar-refractivity contribution in [1.29, 1.82) is 0 Å². The van der Waals surface area contributed by atoms with Gasteiger partial charge in [-0.3, -0.25) is 4.90 Å². The summed E-state index contributed by atoms with van der Waals surface area (Å²) in [7, 11) is 0. The second kappa shape index (κ2) is 4.67. The molecule has 0 aromatic carbocycles. The largest absolute Gasteiger partial charge is 0.387 e. The van der Waals surface area contributed by atoms with Gasteiger partial charge >= 0.3 is 0 Å². The molecule has 0 aromatic rings. The van der Waals surface area contributed by atoms with Crippen LogP contribution in [0, 0.1) is 5.92 Å². The Bertz CT molecular complexity index is 155. The molecule has 1 fully saturated rings. The van der Waals surface area contributed by atoms with Crippen molar-refractivity contribution in [3.8, 4) is 0 Å². The molecule has 1 saturated heterocycles. The second-order valence-electron chi connectivity index (χ2n) is 4.32. The van der Waals surface area contributed by atoms with Gasteiger partial charge in [0.15, 0.2) is 0 Å². The maximum absolute atomic E-state index is 9.97. The van der Waals surface area contributed by atoms with Crippen LogP contribution in [-0.4, -0.2) is 47.3 Å². The first-order valence-electron chi connectivity index (χ1n) is 5.02. The van der Waals surface area contributed by atoms with Crippen molar-refractivity contribution in [2.24, 2.45) is 5.92 Å². The molecule has 1 rings (SSSR count). The molecule has 0 saturated carbocycles. The minimum absolute atomic E-state index is 0.390. The van der Waals surface area contributed by atoms with Gasteiger partial charge in [-0.05, 0) is 30.9 Å². The summed E-state index contributed by atoms with van der Waals surface area (Å²) in [6.45, 7) is 7.09. The number of hydrogen-bond donors (Lipinski definition) is 1. The Balaban J connectivity index is 2.10. The summed E-state index contributed by atoms with van der Waals surface area (Å²) in [5.41, 5.74) is -0.390. The maximum Gasteiger partial charge on any atom is 0.0922 e. The van der Waals surface area contributed by atoms with Gasteiger partial charge in [-0.15, -0.1) is 0 Å². The van der Waals surface area contributed by atoms with Gasteiger partial charge in [-0.2, -0.15) is 11.8 Å². The van der Waals surface area contributed by atoms with Crippen molar-refractivity contribution in [2.45, 2.75) is 25.9 Å². The highest BCUT2D eigenvalue weighted by atomic mass is 32.2. The first-order valence-corrected chi connectivity index (χ1v) is 6.41. The fourth-order valence-electron chi connectivity index (χ4n) is 1.68. The number of likely N-dealkylation sites (tertiary alicyclic amines) is 1. The number of aliphatic hydroxyl groups is 1. The average Bonchev–Trinajstić information content (AvgIpc) is 2.01. The summed E-state index contributed by atoms with van der Waals surface area (Å²) in [6.07, 6.45) is 3.38. The summed E-state index contributed by atoms with van der Waals surface area (Å²) >= 11 is 1.90. The van der Waals surface area contributed by atoms with Gasteiger partial charge in [-0.1, -0.05) is 13.8 Å². The number of thioether (sulfide) groups is 1. The van der Waals surface area contributed by atoms with E-state index in [-0.39, 0.29) is 5.60 Å². The van der Waals surface area contributed by atoms with Crippen molar-refractivity contribution in [3.05, 3.63) is 0 Å². The van der Waals surface area contributed by atoms with Crippen molar-refractivity contribution in [2.75, 3.05) is 31.6 Å². The highest BCUT2D eigenvalue weighted by molar-refractivity contribution is 7.98. The standard InChI is InChI=1S/C10H21NOS/c1-9(2)10(12)7-11(8-10)5-4-6-13-3/h9,12H,4-8H2,1-3H3. The van der Waals surface area contributed by atoms with Crippen LogP contribution in [0.25, 0.3) is 0 Å². The normalized spacial score (nSPS) is 21.9. The quantitative estimate of drug-likeness (QED) is 0.684. The fourth-order valence-corrected chi connectivity index (χ4v) is 2.10.